The number of hydrogen-bond donors (Lipinski definition) is 2. The van der Waals surface area contributed by atoms with Gasteiger partial charge in [-0.2, -0.15) is 0 Å². The Morgan fingerprint density at radius 3 is 2.36 bits per heavy atom. The fourth-order valence-corrected chi connectivity index (χ4v) is 4.57. The quantitative estimate of drug-likeness (QED) is 0.657. The molecule has 1 aromatic carbocycles. The minimum Gasteiger partial charge on any atom is -0.394 e. The van der Waals surface area contributed by atoms with E-state index in [4.69, 9.17) is 4.74 Å². The van der Waals surface area contributed by atoms with Crippen molar-refractivity contribution in [1.29, 1.82) is 0 Å². The first kappa shape index (κ1) is 19.0. The van der Waals surface area contributed by atoms with E-state index in [1.165, 1.54) is 17.0 Å². The predicted octanol–water partition coefficient (Wildman–Crippen LogP) is 0.398. The normalized spacial score (nSPS) is 29.3. The molecule has 3 heterocycles. The lowest BCUT2D eigenvalue weighted by Crippen LogP contribution is -2.42. The summed E-state index contributed by atoms with van der Waals surface area (Å²) in [4.78, 5) is 38.6. The van der Waals surface area contributed by atoms with Gasteiger partial charge in [0.15, 0.2) is 0 Å². The third-order valence-corrected chi connectivity index (χ3v) is 5.92. The lowest BCUT2D eigenvalue weighted by molar-refractivity contribution is -0.142. The number of benzene rings is 1. The number of amides is 3. The Bertz CT molecular complexity index is 755. The summed E-state index contributed by atoms with van der Waals surface area (Å²) in [6.07, 6.45) is 1.61. The molecule has 5 atom stereocenters. The van der Waals surface area contributed by atoms with Crippen LogP contribution in [0.2, 0.25) is 0 Å². The maximum absolute atomic E-state index is 13.0. The first-order valence-electron chi connectivity index (χ1n) is 9.63. The molecule has 0 saturated carbocycles. The van der Waals surface area contributed by atoms with Crippen molar-refractivity contribution in [3.05, 3.63) is 35.6 Å². The lowest BCUT2D eigenvalue weighted by atomic mass is 9.81. The molecule has 0 aromatic heterocycles. The molecule has 3 aliphatic heterocycles. The van der Waals surface area contributed by atoms with Crippen molar-refractivity contribution < 1.29 is 28.6 Å². The molecule has 28 heavy (non-hydrogen) atoms. The topological polar surface area (TPSA) is 95.9 Å². The number of likely N-dealkylation sites (tertiary alicyclic amines) is 1. The number of carbonyl (C=O) groups is 3. The molecule has 0 aliphatic carbocycles. The first-order valence-corrected chi connectivity index (χ1v) is 9.63. The molecule has 2 N–H and O–H groups in total. The monoisotopic (exact) mass is 390 g/mol. The highest BCUT2D eigenvalue weighted by Crippen LogP contribution is 2.48. The zero-order valence-electron chi connectivity index (χ0n) is 15.3. The van der Waals surface area contributed by atoms with Gasteiger partial charge in [-0.05, 0) is 37.0 Å². The van der Waals surface area contributed by atoms with E-state index < -0.39 is 17.9 Å². The molecule has 4 rings (SSSR count). The Balaban J connectivity index is 1.30. The van der Waals surface area contributed by atoms with Gasteiger partial charge in [0, 0.05) is 13.0 Å². The lowest BCUT2D eigenvalue weighted by Gasteiger charge is -2.19. The van der Waals surface area contributed by atoms with Crippen LogP contribution in [0.15, 0.2) is 24.3 Å². The molecule has 0 spiro atoms. The average molecular weight is 390 g/mol. The third-order valence-electron chi connectivity index (χ3n) is 5.92. The fraction of sp³-hybridized carbons (Fsp3) is 0.550. The number of fused-ring (bicyclic) bond motifs is 5. The number of rotatable bonds is 7. The molecule has 3 aliphatic rings. The highest BCUT2D eigenvalue weighted by Gasteiger charge is 2.62. The average Bonchev–Trinajstić information content (AvgIpc) is 3.36. The van der Waals surface area contributed by atoms with Crippen molar-refractivity contribution in [1.82, 2.24) is 10.2 Å². The molecule has 2 bridgehead atoms. The van der Waals surface area contributed by atoms with E-state index in [-0.39, 0.29) is 55.3 Å². The van der Waals surface area contributed by atoms with Crippen molar-refractivity contribution in [3.8, 4) is 0 Å². The molecule has 5 unspecified atom stereocenters. The van der Waals surface area contributed by atoms with Crippen LogP contribution >= 0.6 is 0 Å². The van der Waals surface area contributed by atoms with Gasteiger partial charge in [-0.15, -0.1) is 0 Å². The van der Waals surface area contributed by atoms with Crippen LogP contribution in [0.1, 0.15) is 24.8 Å². The minimum absolute atomic E-state index is 0.0208. The summed E-state index contributed by atoms with van der Waals surface area (Å²) < 4.78 is 18.7. The Kier molecular flexibility index (Phi) is 5.16. The maximum atomic E-state index is 13.0. The van der Waals surface area contributed by atoms with Crippen LogP contribution in [0.4, 0.5) is 4.39 Å². The second-order valence-electron chi connectivity index (χ2n) is 7.70. The SMILES string of the molecule is O=C(CCN1C(=O)C2C3CCC(O3)C2C1=O)NC(CO)Cc1ccc(F)cc1. The van der Waals surface area contributed by atoms with Crippen molar-refractivity contribution in [2.24, 2.45) is 11.8 Å². The summed E-state index contributed by atoms with van der Waals surface area (Å²) >= 11 is 0. The summed E-state index contributed by atoms with van der Waals surface area (Å²) in [5, 5.41) is 12.2. The zero-order chi connectivity index (χ0) is 19.8. The first-order chi connectivity index (χ1) is 13.5. The number of aliphatic hydroxyl groups is 1. The summed E-state index contributed by atoms with van der Waals surface area (Å²) in [5.74, 6) is -1.95. The van der Waals surface area contributed by atoms with Crippen molar-refractivity contribution >= 4 is 17.7 Å². The number of nitrogens with zero attached hydrogens (tertiary/aromatic N) is 1. The van der Waals surface area contributed by atoms with Crippen molar-refractivity contribution in [2.75, 3.05) is 13.2 Å². The van der Waals surface area contributed by atoms with Gasteiger partial charge in [0.25, 0.3) is 0 Å². The van der Waals surface area contributed by atoms with Gasteiger partial charge in [-0.1, -0.05) is 12.1 Å². The number of nitrogens with one attached hydrogen (secondary N) is 1. The van der Waals surface area contributed by atoms with E-state index in [0.717, 1.165) is 18.4 Å². The van der Waals surface area contributed by atoms with Gasteiger partial charge in [0.2, 0.25) is 17.7 Å². The van der Waals surface area contributed by atoms with E-state index in [1.54, 1.807) is 12.1 Å². The molecule has 8 heteroatoms. The zero-order valence-corrected chi connectivity index (χ0v) is 15.3. The highest BCUT2D eigenvalue weighted by molar-refractivity contribution is 6.06. The van der Waals surface area contributed by atoms with Crippen LogP contribution in [0.25, 0.3) is 0 Å². The van der Waals surface area contributed by atoms with E-state index in [0.29, 0.717) is 6.42 Å². The van der Waals surface area contributed by atoms with E-state index in [9.17, 15) is 23.9 Å². The number of hydrogen-bond acceptors (Lipinski definition) is 5. The van der Waals surface area contributed by atoms with Gasteiger partial charge in [0.1, 0.15) is 5.82 Å². The Labute approximate surface area is 161 Å². The predicted molar refractivity (Wildman–Crippen MR) is 95.3 cm³/mol. The molecular formula is C20H23FN2O5. The Hall–Kier alpha value is -2.32. The smallest absolute Gasteiger partial charge is 0.235 e. The van der Waals surface area contributed by atoms with Gasteiger partial charge in [-0.25, -0.2) is 4.39 Å². The fourth-order valence-electron chi connectivity index (χ4n) is 4.57. The minimum atomic E-state index is -0.522. The maximum Gasteiger partial charge on any atom is 0.235 e. The third kappa shape index (κ3) is 3.42. The number of ether oxygens (including phenoxy) is 1. The second kappa shape index (κ2) is 7.60. The standard InChI is InChI=1S/C20H23FN2O5/c21-12-3-1-11(2-4-12)9-13(10-24)22-16(25)7-8-23-19(26)17-14-5-6-15(28-14)18(17)20(23)27/h1-4,13-15,17-18,24H,5-10H2,(H,22,25). The molecule has 0 radical (unpaired) electrons. The van der Waals surface area contributed by atoms with Crippen molar-refractivity contribution in [3.63, 3.8) is 0 Å². The second-order valence-corrected chi connectivity index (χ2v) is 7.70. The van der Waals surface area contributed by atoms with Crippen LogP contribution in [-0.2, 0) is 25.5 Å². The summed E-state index contributed by atoms with van der Waals surface area (Å²) in [7, 11) is 0. The number of carbonyl (C=O) groups excluding carboxylic acids is 3. The van der Waals surface area contributed by atoms with Crippen LogP contribution in [0.5, 0.6) is 0 Å². The van der Waals surface area contributed by atoms with Crippen LogP contribution in [0.3, 0.4) is 0 Å². The van der Waals surface area contributed by atoms with Gasteiger partial charge < -0.3 is 15.2 Å². The molecule has 3 amide bonds. The Morgan fingerprint density at radius 1 is 1.18 bits per heavy atom. The summed E-state index contributed by atoms with van der Waals surface area (Å²) in [6, 6.07) is 5.32. The van der Waals surface area contributed by atoms with Crippen LogP contribution in [-0.4, -0.2) is 59.1 Å². The summed E-state index contributed by atoms with van der Waals surface area (Å²) in [5.41, 5.74) is 0.786. The largest absolute Gasteiger partial charge is 0.394 e. The highest BCUT2D eigenvalue weighted by atomic mass is 19.1. The molecule has 150 valence electrons. The van der Waals surface area contributed by atoms with E-state index >= 15 is 0 Å². The van der Waals surface area contributed by atoms with Gasteiger partial charge in [0.05, 0.1) is 36.7 Å². The number of aliphatic hydroxyl groups excluding tert-OH is 1. The molecule has 1 aromatic rings. The van der Waals surface area contributed by atoms with E-state index in [1.807, 2.05) is 0 Å². The Morgan fingerprint density at radius 2 is 1.79 bits per heavy atom. The van der Waals surface area contributed by atoms with Gasteiger partial charge in [-0.3, -0.25) is 19.3 Å². The number of halogens is 1. The van der Waals surface area contributed by atoms with Crippen LogP contribution < -0.4 is 5.32 Å². The molecule has 3 saturated heterocycles. The molecule has 3 fully saturated rings. The molecule has 7 nitrogen and oxygen atoms in total. The van der Waals surface area contributed by atoms with E-state index in [2.05, 4.69) is 5.32 Å². The van der Waals surface area contributed by atoms with Crippen molar-refractivity contribution in [2.45, 2.75) is 43.9 Å². The van der Waals surface area contributed by atoms with Gasteiger partial charge >= 0.3 is 0 Å². The summed E-state index contributed by atoms with van der Waals surface area (Å²) in [6.45, 7) is -0.236. The van der Waals surface area contributed by atoms with Crippen LogP contribution in [0, 0.1) is 17.7 Å². The molecular weight excluding hydrogens is 367 g/mol. The number of imide groups is 1.